The second kappa shape index (κ2) is 8.97. The molecule has 0 aliphatic carbocycles. The van der Waals surface area contributed by atoms with Gasteiger partial charge >= 0.3 is 11.8 Å². The van der Waals surface area contributed by atoms with Crippen LogP contribution in [0.15, 0.2) is 53.6 Å². The number of carbonyl (C=O) groups is 3. The number of amides is 2. The summed E-state index contributed by atoms with van der Waals surface area (Å²) in [6.07, 6.45) is 1.36. The Morgan fingerprint density at radius 3 is 2.42 bits per heavy atom. The molecule has 8 nitrogen and oxygen atoms in total. The standard InChI is InChI=1S/C18H17N3O5/c1-19-16(22)17(23)21-20-10-14-4-2-3-5-15(14)26-11-12-6-8-13(9-7-12)18(24)25/h2-10H,11H2,1H3,(H,19,22)(H,21,23)(H,24,25)/p-1/b20-10-. The molecule has 0 aromatic heterocycles. The molecule has 8 heteroatoms. The summed E-state index contributed by atoms with van der Waals surface area (Å²) in [4.78, 5) is 33.1. The van der Waals surface area contributed by atoms with Gasteiger partial charge in [-0.05, 0) is 23.3 Å². The van der Waals surface area contributed by atoms with Crippen LogP contribution in [-0.2, 0) is 16.2 Å². The molecule has 2 amide bonds. The fourth-order valence-corrected chi connectivity index (χ4v) is 1.94. The van der Waals surface area contributed by atoms with E-state index in [2.05, 4.69) is 15.8 Å². The molecular weight excluding hydrogens is 338 g/mol. The van der Waals surface area contributed by atoms with Crippen molar-refractivity contribution in [3.05, 3.63) is 65.2 Å². The summed E-state index contributed by atoms with van der Waals surface area (Å²) >= 11 is 0. The maximum atomic E-state index is 11.3. The number of hydrogen-bond acceptors (Lipinski definition) is 6. The van der Waals surface area contributed by atoms with Gasteiger partial charge in [0.05, 0.1) is 12.2 Å². The lowest BCUT2D eigenvalue weighted by molar-refractivity contribution is -0.255. The zero-order valence-corrected chi connectivity index (χ0v) is 13.9. The van der Waals surface area contributed by atoms with Gasteiger partial charge in [0.15, 0.2) is 0 Å². The van der Waals surface area contributed by atoms with Crippen molar-refractivity contribution in [1.82, 2.24) is 10.7 Å². The number of carbonyl (C=O) groups excluding carboxylic acids is 3. The monoisotopic (exact) mass is 354 g/mol. The van der Waals surface area contributed by atoms with Crippen LogP contribution >= 0.6 is 0 Å². The predicted molar refractivity (Wildman–Crippen MR) is 91.3 cm³/mol. The van der Waals surface area contributed by atoms with Crippen LogP contribution in [0.1, 0.15) is 21.5 Å². The third-order valence-electron chi connectivity index (χ3n) is 3.31. The van der Waals surface area contributed by atoms with E-state index in [9.17, 15) is 19.5 Å². The van der Waals surface area contributed by atoms with Crippen LogP contribution in [0.25, 0.3) is 0 Å². The first-order valence-electron chi connectivity index (χ1n) is 7.58. The molecule has 0 bridgehead atoms. The van der Waals surface area contributed by atoms with Crippen molar-refractivity contribution in [1.29, 1.82) is 0 Å². The zero-order valence-electron chi connectivity index (χ0n) is 13.9. The summed E-state index contributed by atoms with van der Waals surface area (Å²) in [6, 6.07) is 13.1. The van der Waals surface area contributed by atoms with E-state index in [1.165, 1.54) is 25.4 Å². The third kappa shape index (κ3) is 5.17. The fourth-order valence-electron chi connectivity index (χ4n) is 1.94. The Bertz CT molecular complexity index is 831. The van der Waals surface area contributed by atoms with E-state index in [0.29, 0.717) is 11.3 Å². The summed E-state index contributed by atoms with van der Waals surface area (Å²) in [6.45, 7) is 0.211. The Labute approximate surface area is 149 Å². The number of rotatable bonds is 6. The summed E-state index contributed by atoms with van der Waals surface area (Å²) in [5.41, 5.74) is 3.56. The maximum Gasteiger partial charge on any atom is 0.329 e. The molecule has 0 radical (unpaired) electrons. The van der Waals surface area contributed by atoms with Gasteiger partial charge in [-0.25, -0.2) is 5.43 Å². The largest absolute Gasteiger partial charge is 0.545 e. The minimum Gasteiger partial charge on any atom is -0.545 e. The van der Waals surface area contributed by atoms with Gasteiger partial charge in [0, 0.05) is 12.6 Å². The number of benzene rings is 2. The lowest BCUT2D eigenvalue weighted by atomic mass is 10.1. The lowest BCUT2D eigenvalue weighted by Gasteiger charge is -2.10. The molecule has 2 N–H and O–H groups in total. The Hall–Kier alpha value is -3.68. The smallest absolute Gasteiger partial charge is 0.329 e. The van der Waals surface area contributed by atoms with Crippen molar-refractivity contribution in [3.8, 4) is 5.75 Å². The normalized spacial score (nSPS) is 10.3. The number of ether oxygens (including phenoxy) is 1. The average Bonchev–Trinajstić information content (AvgIpc) is 2.66. The molecule has 0 spiro atoms. The fraction of sp³-hybridized carbons (Fsp3) is 0.111. The molecule has 0 aliphatic rings. The van der Waals surface area contributed by atoms with Gasteiger partial charge in [-0.1, -0.05) is 36.4 Å². The first-order chi connectivity index (χ1) is 12.5. The van der Waals surface area contributed by atoms with Gasteiger partial charge in [-0.15, -0.1) is 0 Å². The van der Waals surface area contributed by atoms with E-state index in [1.54, 1.807) is 36.4 Å². The van der Waals surface area contributed by atoms with Gasteiger partial charge in [0.2, 0.25) is 0 Å². The highest BCUT2D eigenvalue weighted by Crippen LogP contribution is 2.17. The van der Waals surface area contributed by atoms with Gasteiger partial charge < -0.3 is 20.0 Å². The quantitative estimate of drug-likeness (QED) is 0.424. The van der Waals surface area contributed by atoms with Gasteiger partial charge in [0.1, 0.15) is 12.4 Å². The topological polar surface area (TPSA) is 120 Å². The first kappa shape index (κ1) is 18.7. The van der Waals surface area contributed by atoms with Crippen LogP contribution in [0.5, 0.6) is 5.75 Å². The molecule has 26 heavy (non-hydrogen) atoms. The molecule has 0 fully saturated rings. The zero-order chi connectivity index (χ0) is 18.9. The van der Waals surface area contributed by atoms with Gasteiger partial charge in [-0.3, -0.25) is 9.59 Å². The predicted octanol–water partition coefficient (Wildman–Crippen LogP) is -0.175. The van der Waals surface area contributed by atoms with Crippen LogP contribution in [0, 0.1) is 0 Å². The number of carboxylic acids is 1. The number of para-hydroxylation sites is 1. The summed E-state index contributed by atoms with van der Waals surface area (Å²) < 4.78 is 5.70. The number of hydrazone groups is 1. The number of aromatic carboxylic acids is 1. The van der Waals surface area contributed by atoms with Crippen LogP contribution < -0.4 is 20.6 Å². The Kier molecular flexibility index (Phi) is 6.44. The average molecular weight is 354 g/mol. The number of hydrogen-bond donors (Lipinski definition) is 2. The number of carboxylic acid groups (broad SMARTS) is 1. The molecule has 0 aliphatic heterocycles. The summed E-state index contributed by atoms with van der Waals surface area (Å²) in [5, 5.41) is 16.6. The molecule has 0 atom stereocenters. The molecule has 0 saturated heterocycles. The maximum absolute atomic E-state index is 11.3. The molecule has 2 aromatic carbocycles. The van der Waals surface area contributed by atoms with E-state index >= 15 is 0 Å². The van der Waals surface area contributed by atoms with Crippen molar-refractivity contribution in [2.24, 2.45) is 5.10 Å². The highest BCUT2D eigenvalue weighted by molar-refractivity contribution is 6.35. The lowest BCUT2D eigenvalue weighted by Crippen LogP contribution is -2.35. The number of nitrogens with one attached hydrogen (secondary N) is 2. The van der Waals surface area contributed by atoms with E-state index in [0.717, 1.165) is 5.56 Å². The van der Waals surface area contributed by atoms with E-state index in [1.807, 2.05) is 0 Å². The van der Waals surface area contributed by atoms with Crippen LogP contribution in [0.3, 0.4) is 0 Å². The van der Waals surface area contributed by atoms with Crippen LogP contribution in [0.4, 0.5) is 0 Å². The van der Waals surface area contributed by atoms with E-state index in [-0.39, 0.29) is 12.2 Å². The Balaban J connectivity index is 2.01. The highest BCUT2D eigenvalue weighted by atomic mass is 16.5. The summed E-state index contributed by atoms with van der Waals surface area (Å²) in [5.74, 6) is -2.41. The molecule has 2 rings (SSSR count). The van der Waals surface area contributed by atoms with E-state index in [4.69, 9.17) is 4.74 Å². The number of likely N-dealkylation sites (N-methyl/N-ethyl adjacent to an activating group) is 1. The minimum atomic E-state index is -1.24. The van der Waals surface area contributed by atoms with Crippen LogP contribution in [0.2, 0.25) is 0 Å². The molecule has 0 unspecified atom stereocenters. The van der Waals surface area contributed by atoms with Crippen LogP contribution in [-0.4, -0.2) is 31.0 Å². The van der Waals surface area contributed by atoms with Crippen molar-refractivity contribution in [2.75, 3.05) is 7.05 Å². The SMILES string of the molecule is CNC(=O)C(=O)N/N=C\c1ccccc1OCc1ccc(C(=O)[O-])cc1. The Morgan fingerprint density at radius 2 is 1.77 bits per heavy atom. The van der Waals surface area contributed by atoms with E-state index < -0.39 is 17.8 Å². The second-order valence-electron chi connectivity index (χ2n) is 5.09. The number of nitrogens with zero attached hydrogens (tertiary/aromatic N) is 1. The third-order valence-corrected chi connectivity index (χ3v) is 3.31. The highest BCUT2D eigenvalue weighted by Gasteiger charge is 2.09. The molecule has 0 saturated carbocycles. The van der Waals surface area contributed by atoms with Crippen molar-refractivity contribution >= 4 is 24.0 Å². The molecular formula is C18H16N3O5-. The second-order valence-corrected chi connectivity index (χ2v) is 5.09. The minimum absolute atomic E-state index is 0.0909. The first-order valence-corrected chi connectivity index (χ1v) is 7.58. The van der Waals surface area contributed by atoms with Gasteiger partial charge in [-0.2, -0.15) is 5.10 Å². The molecule has 0 heterocycles. The van der Waals surface area contributed by atoms with Crippen molar-refractivity contribution in [2.45, 2.75) is 6.61 Å². The summed E-state index contributed by atoms with van der Waals surface area (Å²) in [7, 11) is 1.34. The molecule has 2 aromatic rings. The van der Waals surface area contributed by atoms with Gasteiger partial charge in [0.25, 0.3) is 0 Å². The molecule has 134 valence electrons. The van der Waals surface area contributed by atoms with Crippen molar-refractivity contribution in [3.63, 3.8) is 0 Å². The van der Waals surface area contributed by atoms with Crippen molar-refractivity contribution < 1.29 is 24.2 Å². The Morgan fingerprint density at radius 1 is 1.08 bits per heavy atom.